The SMILES string of the molecule is C=C1CCC(CC2(S(=O)(=O)Cl)CC2)CC1. The monoisotopic (exact) mass is 248 g/mol. The van der Waals surface area contributed by atoms with E-state index in [0.29, 0.717) is 5.92 Å². The van der Waals surface area contributed by atoms with E-state index in [4.69, 9.17) is 10.7 Å². The lowest BCUT2D eigenvalue weighted by Gasteiger charge is -2.26. The molecular formula is C11H17ClO2S. The van der Waals surface area contributed by atoms with E-state index < -0.39 is 13.8 Å². The van der Waals surface area contributed by atoms with E-state index in [1.807, 2.05) is 0 Å². The van der Waals surface area contributed by atoms with Crippen molar-refractivity contribution in [1.29, 1.82) is 0 Å². The molecule has 4 heteroatoms. The smallest absolute Gasteiger partial charge is 0.212 e. The number of hydrogen-bond acceptors (Lipinski definition) is 2. The van der Waals surface area contributed by atoms with E-state index >= 15 is 0 Å². The molecule has 0 spiro atoms. The largest absolute Gasteiger partial charge is 0.238 e. The van der Waals surface area contributed by atoms with Gasteiger partial charge >= 0.3 is 0 Å². The average molecular weight is 249 g/mol. The molecule has 0 atom stereocenters. The Morgan fingerprint density at radius 3 is 2.27 bits per heavy atom. The fourth-order valence-corrected chi connectivity index (χ4v) is 4.18. The second-order valence-corrected chi connectivity index (χ2v) is 7.98. The van der Waals surface area contributed by atoms with Gasteiger partial charge in [0.05, 0.1) is 4.75 Å². The Bertz CT molecular complexity index is 358. The minimum absolute atomic E-state index is 0.534. The first kappa shape index (κ1) is 11.5. The second-order valence-electron chi connectivity index (χ2n) is 5.02. The predicted octanol–water partition coefficient (Wildman–Crippen LogP) is 3.22. The normalized spacial score (nSPS) is 26.6. The predicted molar refractivity (Wildman–Crippen MR) is 62.5 cm³/mol. The van der Waals surface area contributed by atoms with Crippen molar-refractivity contribution in [2.75, 3.05) is 0 Å². The molecule has 2 rings (SSSR count). The Balaban J connectivity index is 1.96. The van der Waals surface area contributed by atoms with Crippen molar-refractivity contribution in [2.45, 2.75) is 49.7 Å². The summed E-state index contributed by atoms with van der Waals surface area (Å²) in [6.45, 7) is 3.97. The van der Waals surface area contributed by atoms with Crippen molar-refractivity contribution >= 4 is 19.7 Å². The molecule has 0 N–H and O–H groups in total. The molecule has 0 saturated heterocycles. The van der Waals surface area contributed by atoms with Crippen LogP contribution in [0.15, 0.2) is 12.2 Å². The molecule has 2 saturated carbocycles. The van der Waals surface area contributed by atoms with E-state index in [0.717, 1.165) is 44.9 Å². The highest BCUT2D eigenvalue weighted by molar-refractivity contribution is 8.15. The Morgan fingerprint density at radius 2 is 1.87 bits per heavy atom. The van der Waals surface area contributed by atoms with Crippen LogP contribution >= 0.6 is 10.7 Å². The van der Waals surface area contributed by atoms with Gasteiger partial charge in [0.2, 0.25) is 9.05 Å². The molecule has 2 aliphatic carbocycles. The standard InChI is InChI=1S/C11H17ClO2S/c1-9-2-4-10(5-3-9)8-11(6-7-11)15(12,13)14/h10H,1-8H2. The lowest BCUT2D eigenvalue weighted by atomic mass is 9.83. The summed E-state index contributed by atoms with van der Waals surface area (Å²) in [5, 5.41) is 0. The maximum absolute atomic E-state index is 11.4. The Kier molecular flexibility index (Phi) is 2.89. The van der Waals surface area contributed by atoms with E-state index in [-0.39, 0.29) is 0 Å². The van der Waals surface area contributed by atoms with E-state index in [1.165, 1.54) is 5.57 Å². The summed E-state index contributed by atoms with van der Waals surface area (Å²) in [6, 6.07) is 0. The van der Waals surface area contributed by atoms with Crippen molar-refractivity contribution in [3.63, 3.8) is 0 Å². The Morgan fingerprint density at radius 1 is 1.33 bits per heavy atom. The molecule has 86 valence electrons. The molecule has 0 amide bonds. The first-order valence-electron chi connectivity index (χ1n) is 5.54. The molecule has 15 heavy (non-hydrogen) atoms. The van der Waals surface area contributed by atoms with Crippen molar-refractivity contribution in [2.24, 2.45) is 5.92 Å². The highest BCUT2D eigenvalue weighted by Crippen LogP contribution is 2.52. The molecule has 0 unspecified atom stereocenters. The van der Waals surface area contributed by atoms with Crippen LogP contribution in [0.25, 0.3) is 0 Å². The summed E-state index contributed by atoms with van der Waals surface area (Å²) >= 11 is 0. The molecule has 0 aliphatic heterocycles. The van der Waals surface area contributed by atoms with E-state index in [9.17, 15) is 8.42 Å². The number of allylic oxidation sites excluding steroid dienone is 1. The van der Waals surface area contributed by atoms with Crippen LogP contribution in [-0.4, -0.2) is 13.2 Å². The van der Waals surface area contributed by atoms with Crippen LogP contribution in [0.2, 0.25) is 0 Å². The summed E-state index contributed by atoms with van der Waals surface area (Å²) < 4.78 is 22.2. The van der Waals surface area contributed by atoms with Gasteiger partial charge in [0.1, 0.15) is 0 Å². The third kappa shape index (κ3) is 2.39. The van der Waals surface area contributed by atoms with E-state index in [1.54, 1.807) is 0 Å². The Labute approximate surface area is 96.1 Å². The van der Waals surface area contributed by atoms with Gasteiger partial charge in [-0.05, 0) is 50.9 Å². The van der Waals surface area contributed by atoms with Crippen molar-refractivity contribution in [3.05, 3.63) is 12.2 Å². The van der Waals surface area contributed by atoms with Gasteiger partial charge in [-0.15, -0.1) is 0 Å². The second kappa shape index (κ2) is 3.77. The van der Waals surface area contributed by atoms with Crippen LogP contribution in [0.4, 0.5) is 0 Å². The molecule has 2 fully saturated rings. The topological polar surface area (TPSA) is 34.1 Å². The maximum atomic E-state index is 11.4. The molecule has 2 aliphatic rings. The molecule has 0 heterocycles. The molecule has 0 radical (unpaired) electrons. The van der Waals surface area contributed by atoms with Gasteiger partial charge in [-0.1, -0.05) is 12.2 Å². The number of hydrogen-bond donors (Lipinski definition) is 0. The number of halogens is 1. The first-order valence-corrected chi connectivity index (χ1v) is 7.85. The highest BCUT2D eigenvalue weighted by Gasteiger charge is 2.54. The summed E-state index contributed by atoms with van der Waals surface area (Å²) in [5.41, 5.74) is 1.31. The maximum Gasteiger partial charge on any atom is 0.238 e. The zero-order valence-electron chi connectivity index (χ0n) is 8.84. The zero-order valence-corrected chi connectivity index (χ0v) is 10.4. The van der Waals surface area contributed by atoms with Crippen LogP contribution in [0.3, 0.4) is 0 Å². The van der Waals surface area contributed by atoms with Crippen molar-refractivity contribution in [1.82, 2.24) is 0 Å². The van der Waals surface area contributed by atoms with Crippen molar-refractivity contribution in [3.8, 4) is 0 Å². The summed E-state index contributed by atoms with van der Waals surface area (Å²) in [4.78, 5) is 0. The minimum Gasteiger partial charge on any atom is -0.212 e. The first-order chi connectivity index (χ1) is 6.93. The van der Waals surface area contributed by atoms with Crippen LogP contribution in [0.1, 0.15) is 44.9 Å². The summed E-state index contributed by atoms with van der Waals surface area (Å²) in [7, 11) is 2.14. The van der Waals surface area contributed by atoms with Crippen LogP contribution in [-0.2, 0) is 9.05 Å². The van der Waals surface area contributed by atoms with Gasteiger partial charge in [-0.2, -0.15) is 0 Å². The summed E-state index contributed by atoms with van der Waals surface area (Å²) in [5.74, 6) is 0.534. The van der Waals surface area contributed by atoms with Gasteiger partial charge in [0.15, 0.2) is 0 Å². The van der Waals surface area contributed by atoms with Crippen LogP contribution < -0.4 is 0 Å². The van der Waals surface area contributed by atoms with Crippen LogP contribution in [0.5, 0.6) is 0 Å². The molecule has 2 nitrogen and oxygen atoms in total. The molecule has 0 bridgehead atoms. The molecule has 0 aromatic heterocycles. The lowest BCUT2D eigenvalue weighted by Crippen LogP contribution is -2.23. The van der Waals surface area contributed by atoms with Crippen molar-refractivity contribution < 1.29 is 8.42 Å². The zero-order chi connectivity index (χ0) is 11.1. The highest BCUT2D eigenvalue weighted by atomic mass is 35.7. The van der Waals surface area contributed by atoms with Crippen LogP contribution in [0, 0.1) is 5.92 Å². The number of rotatable bonds is 3. The molecular weight excluding hydrogens is 232 g/mol. The third-order valence-corrected chi connectivity index (χ3v) is 6.39. The van der Waals surface area contributed by atoms with Gasteiger partial charge in [0.25, 0.3) is 0 Å². The van der Waals surface area contributed by atoms with Gasteiger partial charge in [-0.3, -0.25) is 0 Å². The average Bonchev–Trinajstić information content (AvgIpc) is 2.89. The fraction of sp³-hybridized carbons (Fsp3) is 0.818. The molecule has 0 aromatic rings. The summed E-state index contributed by atoms with van der Waals surface area (Å²) in [6.07, 6.45) is 6.59. The third-order valence-electron chi connectivity index (χ3n) is 3.80. The van der Waals surface area contributed by atoms with Gasteiger partial charge in [0, 0.05) is 10.7 Å². The fourth-order valence-electron chi connectivity index (χ4n) is 2.50. The Hall–Kier alpha value is -0.0200. The van der Waals surface area contributed by atoms with E-state index in [2.05, 4.69) is 6.58 Å². The molecule has 0 aromatic carbocycles. The lowest BCUT2D eigenvalue weighted by molar-refractivity contribution is 0.371. The minimum atomic E-state index is -3.35. The van der Waals surface area contributed by atoms with Gasteiger partial charge in [-0.25, -0.2) is 8.42 Å². The quantitative estimate of drug-likeness (QED) is 0.568. The van der Waals surface area contributed by atoms with Gasteiger partial charge < -0.3 is 0 Å².